The van der Waals surface area contributed by atoms with Crippen LogP contribution in [0.4, 0.5) is 0 Å². The molecule has 3 rings (SSSR count). The number of aliphatic hydroxyl groups excluding tert-OH is 1. The zero-order valence-corrected chi connectivity index (χ0v) is 20.8. The molecule has 186 valence electrons. The third kappa shape index (κ3) is 6.53. The Bertz CT molecular complexity index is 1100. The molecule has 0 aliphatic carbocycles. The van der Waals surface area contributed by atoms with E-state index in [1.54, 1.807) is 31.1 Å². The molecular formula is C25H32N6O4. The molecule has 10 nitrogen and oxygen atoms in total. The molecule has 2 aromatic heterocycles. The zero-order chi connectivity index (χ0) is 25.5. The number of nitrogens with zero attached hydrogens (tertiary/aromatic N) is 6. The minimum Gasteiger partial charge on any atom is -0.472 e. The molecule has 0 aromatic carbocycles. The first-order valence-corrected chi connectivity index (χ1v) is 11.4. The van der Waals surface area contributed by atoms with E-state index in [1.165, 1.54) is 23.5 Å². The van der Waals surface area contributed by atoms with E-state index in [9.17, 15) is 14.7 Å². The maximum absolute atomic E-state index is 13.5. The van der Waals surface area contributed by atoms with Crippen LogP contribution >= 0.6 is 0 Å². The summed E-state index contributed by atoms with van der Waals surface area (Å²) in [6, 6.07) is 1.27. The van der Waals surface area contributed by atoms with Crippen LogP contribution in [0.3, 0.4) is 0 Å². The van der Waals surface area contributed by atoms with Gasteiger partial charge in [-0.2, -0.15) is 0 Å². The van der Waals surface area contributed by atoms with Crippen molar-refractivity contribution in [3.8, 4) is 17.7 Å². The van der Waals surface area contributed by atoms with Crippen LogP contribution in [-0.4, -0.2) is 106 Å². The Labute approximate surface area is 205 Å². The van der Waals surface area contributed by atoms with E-state index in [1.807, 2.05) is 25.9 Å². The molecule has 2 aromatic rings. The van der Waals surface area contributed by atoms with Crippen molar-refractivity contribution in [2.75, 3.05) is 47.4 Å². The number of rotatable bonds is 6. The Hall–Kier alpha value is -3.55. The molecule has 35 heavy (non-hydrogen) atoms. The van der Waals surface area contributed by atoms with Crippen LogP contribution in [0.5, 0.6) is 5.88 Å². The van der Waals surface area contributed by atoms with Gasteiger partial charge < -0.3 is 19.6 Å². The fourth-order valence-corrected chi connectivity index (χ4v) is 3.65. The summed E-state index contributed by atoms with van der Waals surface area (Å²) in [4.78, 5) is 43.8. The first kappa shape index (κ1) is 26.1. The van der Waals surface area contributed by atoms with Gasteiger partial charge in [-0.25, -0.2) is 9.97 Å². The van der Waals surface area contributed by atoms with Crippen LogP contribution in [0, 0.1) is 17.8 Å². The number of carbonyl (C=O) groups is 2. The number of aromatic nitrogens is 3. The SMILES string of the molecule is C[C@@H]1CN([C@H](C)CO)C(=O)c2cc(C#CCN(C)C)cnc2O[C@@H]1CN(C)C(=O)c1cnccn1. The summed E-state index contributed by atoms with van der Waals surface area (Å²) >= 11 is 0. The third-order valence-corrected chi connectivity index (χ3v) is 5.73. The smallest absolute Gasteiger partial charge is 0.273 e. The van der Waals surface area contributed by atoms with Gasteiger partial charge in [0.1, 0.15) is 17.4 Å². The van der Waals surface area contributed by atoms with Crippen molar-refractivity contribution in [1.29, 1.82) is 0 Å². The molecule has 1 aliphatic heterocycles. The summed E-state index contributed by atoms with van der Waals surface area (Å²) in [7, 11) is 5.52. The van der Waals surface area contributed by atoms with Gasteiger partial charge in [-0.1, -0.05) is 18.8 Å². The monoisotopic (exact) mass is 480 g/mol. The molecule has 0 spiro atoms. The van der Waals surface area contributed by atoms with Gasteiger partial charge in [0.25, 0.3) is 11.8 Å². The molecule has 0 unspecified atom stereocenters. The molecule has 0 saturated heterocycles. The molecule has 0 radical (unpaired) electrons. The molecule has 1 aliphatic rings. The normalized spacial score (nSPS) is 18.5. The first-order chi connectivity index (χ1) is 16.7. The Kier molecular flexibility index (Phi) is 8.73. The van der Waals surface area contributed by atoms with Crippen LogP contribution in [0.15, 0.2) is 30.9 Å². The van der Waals surface area contributed by atoms with E-state index >= 15 is 0 Å². The number of fused-ring (bicyclic) bond motifs is 1. The summed E-state index contributed by atoms with van der Waals surface area (Å²) in [5, 5.41) is 9.80. The Morgan fingerprint density at radius 1 is 1.29 bits per heavy atom. The lowest BCUT2D eigenvalue weighted by atomic mass is 10.00. The topological polar surface area (TPSA) is 112 Å². The van der Waals surface area contributed by atoms with Crippen molar-refractivity contribution in [2.24, 2.45) is 5.92 Å². The van der Waals surface area contributed by atoms with Crippen LogP contribution in [0.1, 0.15) is 40.3 Å². The predicted octanol–water partition coefficient (Wildman–Crippen LogP) is 0.777. The van der Waals surface area contributed by atoms with Crippen molar-refractivity contribution in [3.05, 3.63) is 47.7 Å². The average molecular weight is 481 g/mol. The fourth-order valence-electron chi connectivity index (χ4n) is 3.65. The molecule has 3 atom stereocenters. The van der Waals surface area contributed by atoms with Gasteiger partial charge in [-0.05, 0) is 27.1 Å². The number of ether oxygens (including phenoxy) is 1. The second-order valence-electron chi connectivity index (χ2n) is 9.02. The van der Waals surface area contributed by atoms with Gasteiger partial charge in [0.05, 0.1) is 31.9 Å². The molecular weight excluding hydrogens is 448 g/mol. The lowest BCUT2D eigenvalue weighted by Gasteiger charge is -2.37. The van der Waals surface area contributed by atoms with E-state index in [-0.39, 0.29) is 48.0 Å². The van der Waals surface area contributed by atoms with Crippen LogP contribution < -0.4 is 4.74 Å². The Morgan fingerprint density at radius 3 is 2.71 bits per heavy atom. The molecule has 0 bridgehead atoms. The van der Waals surface area contributed by atoms with Crippen molar-refractivity contribution >= 4 is 11.8 Å². The van der Waals surface area contributed by atoms with E-state index in [0.29, 0.717) is 18.7 Å². The second kappa shape index (κ2) is 11.7. The van der Waals surface area contributed by atoms with Gasteiger partial charge >= 0.3 is 0 Å². The number of carbonyl (C=O) groups excluding carboxylic acids is 2. The second-order valence-corrected chi connectivity index (χ2v) is 9.02. The third-order valence-electron chi connectivity index (χ3n) is 5.73. The molecule has 10 heteroatoms. The highest BCUT2D eigenvalue weighted by atomic mass is 16.5. The van der Waals surface area contributed by atoms with E-state index < -0.39 is 12.1 Å². The van der Waals surface area contributed by atoms with Gasteiger partial charge in [-0.3, -0.25) is 19.5 Å². The molecule has 3 heterocycles. The van der Waals surface area contributed by atoms with Gasteiger partial charge in [0, 0.05) is 43.7 Å². The highest BCUT2D eigenvalue weighted by Gasteiger charge is 2.34. The van der Waals surface area contributed by atoms with Crippen LogP contribution in [0.2, 0.25) is 0 Å². The summed E-state index contributed by atoms with van der Waals surface area (Å²) in [5.74, 6) is 5.54. The number of hydrogen-bond donors (Lipinski definition) is 1. The number of hydrogen-bond acceptors (Lipinski definition) is 8. The average Bonchev–Trinajstić information content (AvgIpc) is 2.85. The maximum Gasteiger partial charge on any atom is 0.273 e. The minimum atomic E-state index is -0.459. The van der Waals surface area contributed by atoms with Crippen molar-refractivity contribution in [2.45, 2.75) is 26.0 Å². The van der Waals surface area contributed by atoms with E-state index in [2.05, 4.69) is 26.8 Å². The number of pyridine rings is 1. The number of likely N-dealkylation sites (N-methyl/N-ethyl adjacent to an activating group) is 1. The highest BCUT2D eigenvalue weighted by molar-refractivity contribution is 5.97. The molecule has 2 amide bonds. The molecule has 0 saturated carbocycles. The fraction of sp³-hybridized carbons (Fsp3) is 0.480. The lowest BCUT2D eigenvalue weighted by molar-refractivity contribution is 0.0312. The van der Waals surface area contributed by atoms with Crippen molar-refractivity contribution < 1.29 is 19.4 Å². The highest BCUT2D eigenvalue weighted by Crippen LogP contribution is 2.27. The first-order valence-electron chi connectivity index (χ1n) is 11.4. The maximum atomic E-state index is 13.5. The van der Waals surface area contributed by atoms with Crippen LogP contribution in [-0.2, 0) is 0 Å². The van der Waals surface area contributed by atoms with Gasteiger partial charge in [-0.15, -0.1) is 0 Å². The quantitative estimate of drug-likeness (QED) is 0.604. The van der Waals surface area contributed by atoms with E-state index in [4.69, 9.17) is 4.74 Å². The van der Waals surface area contributed by atoms with Crippen LogP contribution in [0.25, 0.3) is 0 Å². The molecule has 0 fully saturated rings. The number of amides is 2. The standard InChI is InChI=1S/C25H32N6O4/c1-17-14-31(18(2)16-32)24(33)20-11-19(7-6-10-29(3)4)12-28-23(20)35-22(17)15-30(5)25(34)21-13-26-8-9-27-21/h8-9,11-13,17-18,22,32H,10,14-16H2,1-5H3/t17-,18-,22-/m1/s1. The minimum absolute atomic E-state index is 0.153. The number of aliphatic hydroxyl groups is 1. The lowest BCUT2D eigenvalue weighted by Crippen LogP contribution is -2.50. The van der Waals surface area contributed by atoms with Gasteiger partial charge in [0.15, 0.2) is 0 Å². The summed E-state index contributed by atoms with van der Waals surface area (Å²) in [6.45, 7) is 4.72. The summed E-state index contributed by atoms with van der Waals surface area (Å²) in [5.41, 5.74) is 1.11. The Morgan fingerprint density at radius 2 is 2.06 bits per heavy atom. The molecule has 1 N–H and O–H groups in total. The van der Waals surface area contributed by atoms with E-state index in [0.717, 1.165) is 0 Å². The zero-order valence-electron chi connectivity index (χ0n) is 20.8. The summed E-state index contributed by atoms with van der Waals surface area (Å²) < 4.78 is 6.23. The summed E-state index contributed by atoms with van der Waals surface area (Å²) in [6.07, 6.45) is 5.51. The predicted molar refractivity (Wildman–Crippen MR) is 130 cm³/mol. The van der Waals surface area contributed by atoms with Gasteiger partial charge in [0.2, 0.25) is 5.88 Å². The largest absolute Gasteiger partial charge is 0.472 e. The van der Waals surface area contributed by atoms with Crippen molar-refractivity contribution in [1.82, 2.24) is 29.7 Å². The van der Waals surface area contributed by atoms with Crippen molar-refractivity contribution in [3.63, 3.8) is 0 Å². The Balaban J connectivity index is 1.93.